The molecule has 1 fully saturated rings. The predicted octanol–water partition coefficient (Wildman–Crippen LogP) is 4.50. The Morgan fingerprint density at radius 1 is 1.00 bits per heavy atom. The summed E-state index contributed by atoms with van der Waals surface area (Å²) in [6.07, 6.45) is 5.98. The van der Waals surface area contributed by atoms with Crippen molar-refractivity contribution in [2.45, 2.75) is 45.7 Å². The highest BCUT2D eigenvalue weighted by Crippen LogP contribution is 2.28. The summed E-state index contributed by atoms with van der Waals surface area (Å²) in [5.41, 5.74) is 1.33. The lowest BCUT2D eigenvalue weighted by molar-refractivity contribution is 0.210. The fourth-order valence-corrected chi connectivity index (χ4v) is 4.07. The number of aromatic nitrogens is 1. The number of anilines is 1. The molecule has 2 aromatic rings. The average Bonchev–Trinajstić information content (AvgIpc) is 2.65. The maximum absolute atomic E-state index is 4.57. The second-order valence-corrected chi connectivity index (χ2v) is 7.46. The van der Waals surface area contributed by atoms with Crippen LogP contribution in [0.15, 0.2) is 54.7 Å². The Bertz CT molecular complexity index is 604. The number of rotatable bonds is 7. The van der Waals surface area contributed by atoms with Crippen LogP contribution in [0.4, 0.5) is 5.82 Å². The number of hydrogen-bond acceptors (Lipinski definition) is 3. The van der Waals surface area contributed by atoms with Gasteiger partial charge in [-0.1, -0.05) is 56.7 Å². The Morgan fingerprint density at radius 2 is 1.72 bits per heavy atom. The van der Waals surface area contributed by atoms with Crippen molar-refractivity contribution in [1.29, 1.82) is 0 Å². The van der Waals surface area contributed by atoms with Gasteiger partial charge in [-0.15, -0.1) is 0 Å². The molecule has 2 atom stereocenters. The number of benzene rings is 1. The van der Waals surface area contributed by atoms with Gasteiger partial charge in [-0.05, 0) is 42.4 Å². The Labute approximate surface area is 152 Å². The Hall–Kier alpha value is -1.87. The number of pyridine rings is 1. The summed E-state index contributed by atoms with van der Waals surface area (Å²) in [7, 11) is 0. The monoisotopic (exact) mass is 337 g/mol. The van der Waals surface area contributed by atoms with Crippen molar-refractivity contribution in [3.05, 3.63) is 60.3 Å². The summed E-state index contributed by atoms with van der Waals surface area (Å²) in [5.74, 6) is 2.61. The molecule has 3 rings (SSSR count). The first-order valence-corrected chi connectivity index (χ1v) is 9.67. The van der Waals surface area contributed by atoms with E-state index >= 15 is 0 Å². The molecule has 2 unspecified atom stereocenters. The molecule has 0 spiro atoms. The van der Waals surface area contributed by atoms with Gasteiger partial charge in [-0.2, -0.15) is 0 Å². The molecule has 0 bridgehead atoms. The van der Waals surface area contributed by atoms with Crippen molar-refractivity contribution in [3.8, 4) is 0 Å². The van der Waals surface area contributed by atoms with E-state index in [1.165, 1.54) is 24.8 Å². The smallest absolute Gasteiger partial charge is 0.128 e. The Balaban J connectivity index is 1.62. The zero-order valence-corrected chi connectivity index (χ0v) is 15.6. The van der Waals surface area contributed by atoms with Crippen LogP contribution in [-0.4, -0.2) is 24.1 Å². The van der Waals surface area contributed by atoms with Gasteiger partial charge >= 0.3 is 0 Å². The largest absolute Gasteiger partial charge is 0.351 e. The Morgan fingerprint density at radius 3 is 2.40 bits per heavy atom. The fourth-order valence-electron chi connectivity index (χ4n) is 4.07. The molecule has 134 valence electrons. The first-order chi connectivity index (χ1) is 12.2. The van der Waals surface area contributed by atoms with Crippen molar-refractivity contribution in [2.75, 3.05) is 18.0 Å². The van der Waals surface area contributed by atoms with Crippen molar-refractivity contribution in [3.63, 3.8) is 0 Å². The third-order valence-corrected chi connectivity index (χ3v) is 5.50. The molecule has 3 heteroatoms. The summed E-state index contributed by atoms with van der Waals surface area (Å²) in [4.78, 5) is 6.94. The molecule has 1 heterocycles. The molecular weight excluding hydrogens is 306 g/mol. The van der Waals surface area contributed by atoms with Gasteiger partial charge in [0.25, 0.3) is 0 Å². The summed E-state index contributed by atoms with van der Waals surface area (Å²) in [6.45, 7) is 7.67. The van der Waals surface area contributed by atoms with Crippen molar-refractivity contribution in [2.24, 2.45) is 11.8 Å². The lowest BCUT2D eigenvalue weighted by atomic mass is 9.79. The molecule has 0 aliphatic heterocycles. The molecule has 1 N–H and O–H groups in total. The molecule has 1 aliphatic carbocycles. The average molecular weight is 338 g/mol. The fraction of sp³-hybridized carbons (Fsp3) is 0.500. The lowest BCUT2D eigenvalue weighted by Crippen LogP contribution is -2.45. The number of nitrogens with zero attached hydrogens (tertiary/aromatic N) is 2. The van der Waals surface area contributed by atoms with Crippen LogP contribution in [0.5, 0.6) is 0 Å². The van der Waals surface area contributed by atoms with E-state index in [1.807, 2.05) is 12.3 Å². The van der Waals surface area contributed by atoms with E-state index in [-0.39, 0.29) is 0 Å². The highest BCUT2D eigenvalue weighted by Gasteiger charge is 2.27. The minimum atomic E-state index is 0.649. The summed E-state index contributed by atoms with van der Waals surface area (Å²) in [6, 6.07) is 17.5. The maximum atomic E-state index is 4.57. The van der Waals surface area contributed by atoms with Crippen LogP contribution in [0.2, 0.25) is 0 Å². The zero-order chi connectivity index (χ0) is 17.5. The highest BCUT2D eigenvalue weighted by atomic mass is 15.2. The summed E-state index contributed by atoms with van der Waals surface area (Å²) >= 11 is 0. The van der Waals surface area contributed by atoms with Crippen molar-refractivity contribution < 1.29 is 0 Å². The van der Waals surface area contributed by atoms with E-state index in [0.717, 1.165) is 37.3 Å². The minimum Gasteiger partial charge on any atom is -0.351 e. The number of hydrogen-bond donors (Lipinski definition) is 1. The molecular formula is C22H31N3. The molecule has 0 radical (unpaired) electrons. The van der Waals surface area contributed by atoms with E-state index in [4.69, 9.17) is 0 Å². The molecule has 0 saturated heterocycles. The molecule has 1 saturated carbocycles. The third kappa shape index (κ3) is 5.05. The van der Waals surface area contributed by atoms with Crippen LogP contribution in [0, 0.1) is 11.8 Å². The SMILES string of the molecule is CC1CCCC(C)C1NCCN(Cc1ccccc1)c1ccccn1. The standard InChI is InChI=1S/C22H31N3/c1-18-9-8-10-19(2)22(18)24-15-16-25(21-13-6-7-14-23-21)17-20-11-4-3-5-12-20/h3-7,11-14,18-19,22,24H,8-10,15-17H2,1-2H3. The van der Waals surface area contributed by atoms with E-state index in [9.17, 15) is 0 Å². The first kappa shape index (κ1) is 17.9. The zero-order valence-electron chi connectivity index (χ0n) is 15.6. The molecule has 0 amide bonds. The minimum absolute atomic E-state index is 0.649. The normalized spacial score (nSPS) is 23.4. The van der Waals surface area contributed by atoms with Gasteiger partial charge in [0.2, 0.25) is 0 Å². The van der Waals surface area contributed by atoms with Crippen LogP contribution in [0.25, 0.3) is 0 Å². The predicted molar refractivity (Wildman–Crippen MR) is 106 cm³/mol. The van der Waals surface area contributed by atoms with E-state index < -0.39 is 0 Å². The molecule has 3 nitrogen and oxygen atoms in total. The lowest BCUT2D eigenvalue weighted by Gasteiger charge is -2.36. The number of nitrogens with one attached hydrogen (secondary N) is 1. The van der Waals surface area contributed by atoms with Gasteiger partial charge in [0.1, 0.15) is 5.82 Å². The highest BCUT2D eigenvalue weighted by molar-refractivity contribution is 5.39. The molecule has 25 heavy (non-hydrogen) atoms. The van der Waals surface area contributed by atoms with Gasteiger partial charge in [0.05, 0.1) is 0 Å². The van der Waals surface area contributed by atoms with E-state index in [1.54, 1.807) is 0 Å². The van der Waals surface area contributed by atoms with Crippen LogP contribution < -0.4 is 10.2 Å². The summed E-state index contributed by atoms with van der Waals surface area (Å²) < 4.78 is 0. The molecule has 1 aliphatic rings. The van der Waals surface area contributed by atoms with E-state index in [2.05, 4.69) is 71.5 Å². The topological polar surface area (TPSA) is 28.2 Å². The second-order valence-electron chi connectivity index (χ2n) is 7.46. The quantitative estimate of drug-likeness (QED) is 0.806. The second kappa shape index (κ2) is 9.00. The maximum Gasteiger partial charge on any atom is 0.128 e. The van der Waals surface area contributed by atoms with Crippen molar-refractivity contribution in [1.82, 2.24) is 10.3 Å². The first-order valence-electron chi connectivity index (χ1n) is 9.67. The van der Waals surface area contributed by atoms with Crippen molar-refractivity contribution >= 4 is 5.82 Å². The summed E-state index contributed by atoms with van der Waals surface area (Å²) in [5, 5.41) is 3.84. The Kier molecular flexibility index (Phi) is 6.46. The van der Waals surface area contributed by atoms with Gasteiger partial charge in [0.15, 0.2) is 0 Å². The van der Waals surface area contributed by atoms with Crippen LogP contribution in [-0.2, 0) is 6.54 Å². The van der Waals surface area contributed by atoms with E-state index in [0.29, 0.717) is 6.04 Å². The van der Waals surface area contributed by atoms with Crippen LogP contribution >= 0.6 is 0 Å². The van der Waals surface area contributed by atoms with Gasteiger partial charge in [-0.3, -0.25) is 0 Å². The third-order valence-electron chi connectivity index (χ3n) is 5.50. The van der Waals surface area contributed by atoms with Gasteiger partial charge < -0.3 is 10.2 Å². The molecule has 1 aromatic heterocycles. The molecule has 1 aromatic carbocycles. The van der Waals surface area contributed by atoms with Crippen LogP contribution in [0.1, 0.15) is 38.7 Å². The van der Waals surface area contributed by atoms with Gasteiger partial charge in [-0.25, -0.2) is 4.98 Å². The van der Waals surface area contributed by atoms with Gasteiger partial charge in [0, 0.05) is 31.9 Å². The van der Waals surface area contributed by atoms with Crippen LogP contribution in [0.3, 0.4) is 0 Å².